The lowest BCUT2D eigenvalue weighted by Gasteiger charge is -2.31. The monoisotopic (exact) mass is 257 g/mol. The molecule has 7 heteroatoms. The van der Waals surface area contributed by atoms with Gasteiger partial charge in [-0.3, -0.25) is 0 Å². The molecule has 94 valence electrons. The fourth-order valence-corrected chi connectivity index (χ4v) is 2.81. The van der Waals surface area contributed by atoms with Gasteiger partial charge >= 0.3 is 0 Å². The van der Waals surface area contributed by atoms with Gasteiger partial charge in [-0.25, -0.2) is 18.4 Å². The molecule has 1 unspecified atom stereocenters. The van der Waals surface area contributed by atoms with E-state index < -0.39 is 10.0 Å². The van der Waals surface area contributed by atoms with Crippen LogP contribution in [0.15, 0.2) is 18.6 Å². The predicted octanol–water partition coefficient (Wildman–Crippen LogP) is 0.200. The first-order valence-electron chi connectivity index (χ1n) is 5.49. The highest BCUT2D eigenvalue weighted by Crippen LogP contribution is 2.21. The van der Waals surface area contributed by atoms with Gasteiger partial charge in [0.1, 0.15) is 12.4 Å². The van der Waals surface area contributed by atoms with Crippen LogP contribution in [0.3, 0.4) is 0 Å². The highest BCUT2D eigenvalue weighted by Gasteiger charge is 2.29. The molecule has 0 saturated carbocycles. The molecule has 1 saturated heterocycles. The summed E-state index contributed by atoms with van der Waals surface area (Å²) in [5.74, 6) is 0.115. The molecule has 0 amide bonds. The maximum absolute atomic E-state index is 11.8. The van der Waals surface area contributed by atoms with Crippen LogP contribution in [-0.4, -0.2) is 48.1 Å². The van der Waals surface area contributed by atoms with Gasteiger partial charge in [0.2, 0.25) is 10.0 Å². The van der Waals surface area contributed by atoms with Crippen LogP contribution in [0, 0.1) is 0 Å². The molecule has 1 fully saturated rings. The van der Waals surface area contributed by atoms with E-state index in [1.54, 1.807) is 19.2 Å². The van der Waals surface area contributed by atoms with Crippen LogP contribution in [-0.2, 0) is 14.8 Å². The molecular formula is C10H15N3O3S. The molecule has 0 aromatic carbocycles. The summed E-state index contributed by atoms with van der Waals surface area (Å²) >= 11 is 0. The van der Waals surface area contributed by atoms with E-state index in [4.69, 9.17) is 4.74 Å². The van der Waals surface area contributed by atoms with E-state index in [0.717, 1.165) is 5.69 Å². The molecule has 1 aromatic heterocycles. The minimum atomic E-state index is -3.15. The standard InChI is InChI=1S/C10H15N3O3S/c1-2-17(14,15)13-5-6-16-10(7-13)9-3-4-11-8-12-9/h3-4,8,10H,2,5-7H2,1H3. The van der Waals surface area contributed by atoms with Crippen molar-refractivity contribution in [2.75, 3.05) is 25.4 Å². The Morgan fingerprint density at radius 1 is 1.59 bits per heavy atom. The van der Waals surface area contributed by atoms with Crippen LogP contribution in [0.5, 0.6) is 0 Å². The van der Waals surface area contributed by atoms with Crippen LogP contribution in [0.25, 0.3) is 0 Å². The molecule has 0 bridgehead atoms. The molecule has 0 N–H and O–H groups in total. The Hall–Kier alpha value is -1.05. The molecule has 0 radical (unpaired) electrons. The lowest BCUT2D eigenvalue weighted by Crippen LogP contribution is -2.43. The van der Waals surface area contributed by atoms with Gasteiger partial charge in [0.25, 0.3) is 0 Å². The van der Waals surface area contributed by atoms with Gasteiger partial charge in [-0.2, -0.15) is 4.31 Å². The quantitative estimate of drug-likeness (QED) is 0.773. The molecule has 0 spiro atoms. The number of hydrogen-bond donors (Lipinski definition) is 0. The minimum Gasteiger partial charge on any atom is -0.369 e. The number of aromatic nitrogens is 2. The summed E-state index contributed by atoms with van der Waals surface area (Å²) in [5, 5.41) is 0. The first kappa shape index (κ1) is 12.4. The predicted molar refractivity (Wildman–Crippen MR) is 61.8 cm³/mol. The summed E-state index contributed by atoms with van der Waals surface area (Å²) in [6, 6.07) is 1.74. The Bertz CT molecular complexity index is 463. The molecule has 1 aromatic rings. The van der Waals surface area contributed by atoms with E-state index in [1.807, 2.05) is 0 Å². The fourth-order valence-electron chi connectivity index (χ4n) is 1.73. The zero-order valence-electron chi connectivity index (χ0n) is 9.61. The van der Waals surface area contributed by atoms with Crippen LogP contribution >= 0.6 is 0 Å². The Morgan fingerprint density at radius 2 is 2.41 bits per heavy atom. The van der Waals surface area contributed by atoms with E-state index in [9.17, 15) is 8.42 Å². The maximum Gasteiger partial charge on any atom is 0.214 e. The van der Waals surface area contributed by atoms with Crippen LogP contribution in [0.1, 0.15) is 18.7 Å². The molecular weight excluding hydrogens is 242 g/mol. The molecule has 6 nitrogen and oxygen atoms in total. The van der Waals surface area contributed by atoms with E-state index in [1.165, 1.54) is 10.6 Å². The molecule has 1 aliphatic rings. The molecule has 17 heavy (non-hydrogen) atoms. The number of nitrogens with zero attached hydrogens (tertiary/aromatic N) is 3. The van der Waals surface area contributed by atoms with Crippen molar-refractivity contribution in [2.45, 2.75) is 13.0 Å². The van der Waals surface area contributed by atoms with E-state index >= 15 is 0 Å². The molecule has 0 aliphatic carbocycles. The van der Waals surface area contributed by atoms with Gasteiger partial charge in [0.15, 0.2) is 0 Å². The second kappa shape index (κ2) is 5.07. The Labute approximate surface area is 101 Å². The second-order valence-electron chi connectivity index (χ2n) is 3.75. The van der Waals surface area contributed by atoms with Crippen molar-refractivity contribution < 1.29 is 13.2 Å². The van der Waals surface area contributed by atoms with Crippen molar-refractivity contribution in [1.29, 1.82) is 0 Å². The van der Waals surface area contributed by atoms with Crippen LogP contribution < -0.4 is 0 Å². The van der Waals surface area contributed by atoms with Gasteiger partial charge in [-0.15, -0.1) is 0 Å². The lowest BCUT2D eigenvalue weighted by molar-refractivity contribution is -0.00496. The number of sulfonamides is 1. The van der Waals surface area contributed by atoms with E-state index in [-0.39, 0.29) is 11.9 Å². The van der Waals surface area contributed by atoms with Crippen molar-refractivity contribution in [1.82, 2.24) is 14.3 Å². The van der Waals surface area contributed by atoms with Crippen LogP contribution in [0.2, 0.25) is 0 Å². The lowest BCUT2D eigenvalue weighted by atomic mass is 10.2. The van der Waals surface area contributed by atoms with Gasteiger partial charge in [0.05, 0.1) is 18.1 Å². The third-order valence-electron chi connectivity index (χ3n) is 2.72. The van der Waals surface area contributed by atoms with Gasteiger partial charge in [0, 0.05) is 19.3 Å². The molecule has 2 heterocycles. The summed E-state index contributed by atoms with van der Waals surface area (Å²) in [4.78, 5) is 7.91. The Balaban J connectivity index is 2.13. The number of morpholine rings is 1. The first-order valence-corrected chi connectivity index (χ1v) is 7.09. The van der Waals surface area contributed by atoms with Gasteiger partial charge < -0.3 is 4.74 Å². The van der Waals surface area contributed by atoms with Gasteiger partial charge in [-0.1, -0.05) is 0 Å². The smallest absolute Gasteiger partial charge is 0.214 e. The van der Waals surface area contributed by atoms with Crippen molar-refractivity contribution >= 4 is 10.0 Å². The largest absolute Gasteiger partial charge is 0.369 e. The Morgan fingerprint density at radius 3 is 3.06 bits per heavy atom. The summed E-state index contributed by atoms with van der Waals surface area (Å²) in [6.07, 6.45) is 2.76. The molecule has 2 rings (SSSR count). The average molecular weight is 257 g/mol. The number of hydrogen-bond acceptors (Lipinski definition) is 5. The third kappa shape index (κ3) is 2.80. The highest BCUT2D eigenvalue weighted by atomic mass is 32.2. The fraction of sp³-hybridized carbons (Fsp3) is 0.600. The number of ether oxygens (including phenoxy) is 1. The third-order valence-corrected chi connectivity index (χ3v) is 4.57. The molecule has 1 aliphatic heterocycles. The molecule has 1 atom stereocenters. The van der Waals surface area contributed by atoms with Crippen LogP contribution in [0.4, 0.5) is 0 Å². The normalized spacial score (nSPS) is 22.5. The SMILES string of the molecule is CCS(=O)(=O)N1CCOC(c2ccncn2)C1. The first-order chi connectivity index (χ1) is 8.13. The topological polar surface area (TPSA) is 72.4 Å². The zero-order valence-corrected chi connectivity index (χ0v) is 10.4. The van der Waals surface area contributed by atoms with Gasteiger partial charge in [-0.05, 0) is 13.0 Å². The maximum atomic E-state index is 11.8. The van der Waals surface area contributed by atoms with E-state index in [2.05, 4.69) is 9.97 Å². The second-order valence-corrected chi connectivity index (χ2v) is 6.01. The summed E-state index contributed by atoms with van der Waals surface area (Å²) in [6.45, 7) is 2.78. The summed E-state index contributed by atoms with van der Waals surface area (Å²) < 4.78 is 30.5. The van der Waals surface area contributed by atoms with Crippen molar-refractivity contribution in [3.63, 3.8) is 0 Å². The summed E-state index contributed by atoms with van der Waals surface area (Å²) in [5.41, 5.74) is 0.719. The Kier molecular flexibility index (Phi) is 3.70. The highest BCUT2D eigenvalue weighted by molar-refractivity contribution is 7.89. The number of rotatable bonds is 3. The van der Waals surface area contributed by atoms with Crippen molar-refractivity contribution in [3.05, 3.63) is 24.3 Å². The van der Waals surface area contributed by atoms with E-state index in [0.29, 0.717) is 19.7 Å². The van der Waals surface area contributed by atoms with Crippen molar-refractivity contribution in [3.8, 4) is 0 Å². The van der Waals surface area contributed by atoms with Crippen molar-refractivity contribution in [2.24, 2.45) is 0 Å². The minimum absolute atomic E-state index is 0.115. The summed E-state index contributed by atoms with van der Waals surface area (Å²) in [7, 11) is -3.15. The average Bonchev–Trinajstić information content (AvgIpc) is 2.40. The zero-order chi connectivity index (χ0) is 12.3.